The maximum atomic E-state index is 5.91. The van der Waals surface area contributed by atoms with Crippen molar-refractivity contribution in [1.29, 1.82) is 0 Å². The van der Waals surface area contributed by atoms with Crippen LogP contribution in [0.4, 0.5) is 0 Å². The standard InChI is InChI=1S/C18H31NO/c1-6-12-19-15(3)14-18(4,5)16-10-8-9-11-17(16)20-13-7-2/h8-11,15,19H,6-7,12-14H2,1-5H3. The smallest absolute Gasteiger partial charge is 0.123 e. The van der Waals surface area contributed by atoms with E-state index in [1.54, 1.807) is 0 Å². The number of rotatable bonds is 9. The summed E-state index contributed by atoms with van der Waals surface area (Å²) in [7, 11) is 0. The van der Waals surface area contributed by atoms with Gasteiger partial charge in [0.2, 0.25) is 0 Å². The molecule has 0 aliphatic heterocycles. The Labute approximate surface area is 124 Å². The average molecular weight is 277 g/mol. The van der Waals surface area contributed by atoms with Crippen LogP contribution in [0, 0.1) is 0 Å². The maximum Gasteiger partial charge on any atom is 0.123 e. The zero-order valence-corrected chi connectivity index (χ0v) is 13.8. The molecule has 0 aliphatic rings. The van der Waals surface area contributed by atoms with Crippen molar-refractivity contribution in [3.05, 3.63) is 29.8 Å². The molecule has 0 aromatic heterocycles. The van der Waals surface area contributed by atoms with E-state index in [4.69, 9.17) is 4.74 Å². The molecule has 0 bridgehead atoms. The van der Waals surface area contributed by atoms with E-state index >= 15 is 0 Å². The van der Waals surface area contributed by atoms with Gasteiger partial charge in [-0.2, -0.15) is 0 Å². The minimum atomic E-state index is 0.116. The molecule has 1 unspecified atom stereocenters. The van der Waals surface area contributed by atoms with Gasteiger partial charge in [0.15, 0.2) is 0 Å². The van der Waals surface area contributed by atoms with Gasteiger partial charge in [0.25, 0.3) is 0 Å². The lowest BCUT2D eigenvalue weighted by Crippen LogP contribution is -2.33. The summed E-state index contributed by atoms with van der Waals surface area (Å²) >= 11 is 0. The number of benzene rings is 1. The average Bonchev–Trinajstić information content (AvgIpc) is 2.42. The third-order valence-corrected chi connectivity index (χ3v) is 3.64. The lowest BCUT2D eigenvalue weighted by Gasteiger charge is -2.30. The molecule has 1 aromatic rings. The first-order valence-electron chi connectivity index (χ1n) is 7.97. The molecule has 1 N–H and O–H groups in total. The molecule has 2 nitrogen and oxygen atoms in total. The second kappa shape index (κ2) is 8.31. The Balaban J connectivity index is 2.79. The summed E-state index contributed by atoms with van der Waals surface area (Å²) in [5.74, 6) is 1.04. The first-order chi connectivity index (χ1) is 9.51. The molecule has 0 heterocycles. The van der Waals surface area contributed by atoms with Crippen LogP contribution in [0.3, 0.4) is 0 Å². The van der Waals surface area contributed by atoms with Crippen molar-refractivity contribution in [3.8, 4) is 5.75 Å². The van der Waals surface area contributed by atoms with Crippen LogP contribution in [-0.2, 0) is 5.41 Å². The van der Waals surface area contributed by atoms with Crippen molar-refractivity contribution < 1.29 is 4.74 Å². The first kappa shape index (κ1) is 17.0. The molecule has 0 fully saturated rings. The van der Waals surface area contributed by atoms with Crippen LogP contribution in [0.2, 0.25) is 0 Å². The number of ether oxygens (including phenoxy) is 1. The van der Waals surface area contributed by atoms with Gasteiger partial charge in [-0.05, 0) is 49.8 Å². The molecule has 1 rings (SSSR count). The molecule has 0 saturated carbocycles. The van der Waals surface area contributed by atoms with Gasteiger partial charge in [-0.15, -0.1) is 0 Å². The lowest BCUT2D eigenvalue weighted by molar-refractivity contribution is 0.300. The van der Waals surface area contributed by atoms with E-state index in [-0.39, 0.29) is 5.41 Å². The summed E-state index contributed by atoms with van der Waals surface area (Å²) < 4.78 is 5.91. The maximum absolute atomic E-state index is 5.91. The van der Waals surface area contributed by atoms with Crippen molar-refractivity contribution in [2.75, 3.05) is 13.2 Å². The Morgan fingerprint density at radius 2 is 1.85 bits per heavy atom. The van der Waals surface area contributed by atoms with Crippen molar-refractivity contribution in [2.45, 2.75) is 65.3 Å². The highest BCUT2D eigenvalue weighted by molar-refractivity contribution is 5.39. The van der Waals surface area contributed by atoms with Gasteiger partial charge in [0.05, 0.1) is 6.61 Å². The van der Waals surface area contributed by atoms with Gasteiger partial charge < -0.3 is 10.1 Å². The minimum Gasteiger partial charge on any atom is -0.493 e. The fraction of sp³-hybridized carbons (Fsp3) is 0.667. The fourth-order valence-corrected chi connectivity index (χ4v) is 2.70. The van der Waals surface area contributed by atoms with Gasteiger partial charge in [-0.25, -0.2) is 0 Å². The number of nitrogens with one attached hydrogen (secondary N) is 1. The largest absolute Gasteiger partial charge is 0.493 e. The summed E-state index contributed by atoms with van der Waals surface area (Å²) in [6.45, 7) is 13.1. The Bertz CT molecular complexity index is 387. The molecule has 0 saturated heterocycles. The van der Waals surface area contributed by atoms with Gasteiger partial charge in [-0.3, -0.25) is 0 Å². The molecule has 0 radical (unpaired) electrons. The summed E-state index contributed by atoms with van der Waals surface area (Å²) in [5.41, 5.74) is 1.43. The Morgan fingerprint density at radius 1 is 1.15 bits per heavy atom. The van der Waals surface area contributed by atoms with Gasteiger partial charge in [0, 0.05) is 6.04 Å². The molecule has 2 heteroatoms. The zero-order valence-electron chi connectivity index (χ0n) is 13.8. The summed E-state index contributed by atoms with van der Waals surface area (Å²) in [4.78, 5) is 0. The molecule has 0 aliphatic carbocycles. The van der Waals surface area contributed by atoms with Crippen molar-refractivity contribution >= 4 is 0 Å². The van der Waals surface area contributed by atoms with Crippen LogP contribution in [0.1, 0.15) is 59.4 Å². The zero-order chi connectivity index (χ0) is 15.0. The van der Waals surface area contributed by atoms with Crippen molar-refractivity contribution in [1.82, 2.24) is 5.32 Å². The Morgan fingerprint density at radius 3 is 2.50 bits per heavy atom. The Kier molecular flexibility index (Phi) is 7.08. The lowest BCUT2D eigenvalue weighted by atomic mass is 9.79. The quantitative estimate of drug-likeness (QED) is 0.716. The molecular formula is C18H31NO. The highest BCUT2D eigenvalue weighted by atomic mass is 16.5. The predicted octanol–water partition coefficient (Wildman–Crippen LogP) is 4.53. The first-order valence-corrected chi connectivity index (χ1v) is 7.97. The second-order valence-corrected chi connectivity index (χ2v) is 6.29. The van der Waals surface area contributed by atoms with Crippen LogP contribution in [0.15, 0.2) is 24.3 Å². The molecule has 1 aromatic carbocycles. The molecule has 1 atom stereocenters. The normalized spacial score (nSPS) is 13.2. The van der Waals surface area contributed by atoms with Gasteiger partial charge in [0.1, 0.15) is 5.75 Å². The van der Waals surface area contributed by atoms with Crippen LogP contribution in [0.25, 0.3) is 0 Å². The van der Waals surface area contributed by atoms with E-state index < -0.39 is 0 Å². The van der Waals surface area contributed by atoms with Crippen LogP contribution in [-0.4, -0.2) is 19.2 Å². The van der Waals surface area contributed by atoms with E-state index in [2.05, 4.69) is 64.2 Å². The number of hydrogen-bond donors (Lipinski definition) is 1. The molecule has 114 valence electrons. The summed E-state index contributed by atoms with van der Waals surface area (Å²) in [6, 6.07) is 8.99. The highest BCUT2D eigenvalue weighted by Gasteiger charge is 2.26. The minimum absolute atomic E-state index is 0.116. The van der Waals surface area contributed by atoms with E-state index in [1.165, 1.54) is 12.0 Å². The number of hydrogen-bond acceptors (Lipinski definition) is 2. The van der Waals surface area contributed by atoms with Gasteiger partial charge in [-0.1, -0.05) is 45.9 Å². The summed E-state index contributed by atoms with van der Waals surface area (Å²) in [6.07, 6.45) is 3.34. The van der Waals surface area contributed by atoms with Crippen LogP contribution >= 0.6 is 0 Å². The SMILES string of the molecule is CCCNC(C)CC(C)(C)c1ccccc1OCCC. The predicted molar refractivity (Wildman–Crippen MR) is 87.6 cm³/mol. The van der Waals surface area contributed by atoms with E-state index in [0.717, 1.165) is 31.7 Å². The number of para-hydroxylation sites is 1. The van der Waals surface area contributed by atoms with E-state index in [1.807, 2.05) is 0 Å². The van der Waals surface area contributed by atoms with Crippen molar-refractivity contribution in [3.63, 3.8) is 0 Å². The molecule has 0 amide bonds. The molecule has 0 spiro atoms. The van der Waals surface area contributed by atoms with Gasteiger partial charge >= 0.3 is 0 Å². The molecular weight excluding hydrogens is 246 g/mol. The van der Waals surface area contributed by atoms with Crippen LogP contribution < -0.4 is 10.1 Å². The monoisotopic (exact) mass is 277 g/mol. The summed E-state index contributed by atoms with van der Waals surface area (Å²) in [5, 5.41) is 3.58. The van der Waals surface area contributed by atoms with Crippen molar-refractivity contribution in [2.24, 2.45) is 0 Å². The topological polar surface area (TPSA) is 21.3 Å². The Hall–Kier alpha value is -1.02. The van der Waals surface area contributed by atoms with E-state index in [9.17, 15) is 0 Å². The highest BCUT2D eigenvalue weighted by Crippen LogP contribution is 2.35. The second-order valence-electron chi connectivity index (χ2n) is 6.29. The van der Waals surface area contributed by atoms with E-state index in [0.29, 0.717) is 6.04 Å². The third-order valence-electron chi connectivity index (χ3n) is 3.64. The van der Waals surface area contributed by atoms with Crippen LogP contribution in [0.5, 0.6) is 5.75 Å². The fourth-order valence-electron chi connectivity index (χ4n) is 2.70. The third kappa shape index (κ3) is 5.16. The molecule has 20 heavy (non-hydrogen) atoms.